The second-order valence-electron chi connectivity index (χ2n) is 4.05. The molecule has 0 aliphatic heterocycles. The quantitative estimate of drug-likeness (QED) is 0.839. The Hall–Kier alpha value is -2.13. The van der Waals surface area contributed by atoms with E-state index in [1.165, 1.54) is 12.7 Å². The molecule has 2 aromatic rings. The summed E-state index contributed by atoms with van der Waals surface area (Å²) in [5.74, 6) is -0.242. The highest BCUT2D eigenvalue weighted by Crippen LogP contribution is 2.23. The van der Waals surface area contributed by atoms with Crippen molar-refractivity contribution in [1.82, 2.24) is 5.48 Å². The molecule has 0 unspecified atom stereocenters. The van der Waals surface area contributed by atoms with Crippen LogP contribution in [0.4, 0.5) is 0 Å². The molecule has 0 aliphatic carbocycles. The number of carbonyl (C=O) groups excluding carboxylic acids is 1. The minimum Gasteiger partial charge on any atom is -0.277 e. The van der Waals surface area contributed by atoms with Gasteiger partial charge >= 0.3 is 0 Å². The zero-order valence-corrected chi connectivity index (χ0v) is 10.4. The Labute approximate surface area is 106 Å². The lowest BCUT2D eigenvalue weighted by Gasteiger charge is -2.09. The number of hydrogen-bond donors (Lipinski definition) is 1. The van der Waals surface area contributed by atoms with Gasteiger partial charge in [0.2, 0.25) is 0 Å². The molecule has 0 spiro atoms. The standard InChI is InChI=1S/C15H15NO2/c1-11-7-9-12(10-8-11)13-5-3-4-6-14(13)15(17)16-18-2/h3-10H,1-2H3,(H,16,17). The van der Waals surface area contributed by atoms with Crippen LogP contribution in [0.5, 0.6) is 0 Å². The average Bonchev–Trinajstić information content (AvgIpc) is 2.40. The van der Waals surface area contributed by atoms with Crippen LogP contribution >= 0.6 is 0 Å². The molecule has 3 heteroatoms. The number of benzene rings is 2. The predicted octanol–water partition coefficient (Wildman–Crippen LogP) is 2.95. The van der Waals surface area contributed by atoms with Crippen LogP contribution in [-0.2, 0) is 4.84 Å². The maximum absolute atomic E-state index is 11.9. The molecule has 2 rings (SSSR count). The van der Waals surface area contributed by atoms with Gasteiger partial charge in [-0.05, 0) is 24.1 Å². The van der Waals surface area contributed by atoms with Gasteiger partial charge in [-0.2, -0.15) is 0 Å². The summed E-state index contributed by atoms with van der Waals surface area (Å²) in [5.41, 5.74) is 6.05. The van der Waals surface area contributed by atoms with E-state index in [4.69, 9.17) is 0 Å². The third kappa shape index (κ3) is 2.57. The van der Waals surface area contributed by atoms with Gasteiger partial charge in [0.25, 0.3) is 5.91 Å². The molecule has 0 bridgehead atoms. The number of hydrogen-bond acceptors (Lipinski definition) is 2. The van der Waals surface area contributed by atoms with Crippen molar-refractivity contribution in [1.29, 1.82) is 0 Å². The van der Waals surface area contributed by atoms with Crippen LogP contribution in [0.15, 0.2) is 48.5 Å². The van der Waals surface area contributed by atoms with Crippen LogP contribution in [0.2, 0.25) is 0 Å². The van der Waals surface area contributed by atoms with Crippen LogP contribution in [0, 0.1) is 6.92 Å². The number of carbonyl (C=O) groups is 1. The van der Waals surface area contributed by atoms with E-state index in [0.29, 0.717) is 5.56 Å². The highest BCUT2D eigenvalue weighted by molar-refractivity contribution is 6.00. The molecule has 0 saturated carbocycles. The monoisotopic (exact) mass is 241 g/mol. The first-order valence-corrected chi connectivity index (χ1v) is 5.72. The van der Waals surface area contributed by atoms with Crippen LogP contribution < -0.4 is 5.48 Å². The molecule has 0 radical (unpaired) electrons. The molecule has 0 aliphatic rings. The molecule has 1 N–H and O–H groups in total. The molecule has 2 aromatic carbocycles. The summed E-state index contributed by atoms with van der Waals surface area (Å²) >= 11 is 0. The second kappa shape index (κ2) is 5.47. The number of amides is 1. The van der Waals surface area contributed by atoms with E-state index >= 15 is 0 Å². The van der Waals surface area contributed by atoms with Gasteiger partial charge in [-0.25, -0.2) is 5.48 Å². The van der Waals surface area contributed by atoms with E-state index in [-0.39, 0.29) is 5.91 Å². The Balaban J connectivity index is 2.44. The van der Waals surface area contributed by atoms with Crippen molar-refractivity contribution in [3.05, 3.63) is 59.7 Å². The summed E-state index contributed by atoms with van der Waals surface area (Å²) in [6.45, 7) is 2.04. The highest BCUT2D eigenvalue weighted by atomic mass is 16.6. The van der Waals surface area contributed by atoms with Gasteiger partial charge in [0.05, 0.1) is 7.11 Å². The lowest BCUT2D eigenvalue weighted by Crippen LogP contribution is -2.22. The maximum Gasteiger partial charge on any atom is 0.275 e. The average molecular weight is 241 g/mol. The maximum atomic E-state index is 11.9. The Kier molecular flexibility index (Phi) is 3.75. The van der Waals surface area contributed by atoms with E-state index in [2.05, 4.69) is 10.3 Å². The third-order valence-corrected chi connectivity index (χ3v) is 2.73. The van der Waals surface area contributed by atoms with Crippen molar-refractivity contribution in [2.24, 2.45) is 0 Å². The van der Waals surface area contributed by atoms with Crippen molar-refractivity contribution in [3.8, 4) is 11.1 Å². The van der Waals surface area contributed by atoms with E-state index in [0.717, 1.165) is 11.1 Å². The molecule has 92 valence electrons. The summed E-state index contributed by atoms with van der Waals surface area (Å²) in [6, 6.07) is 15.5. The molecule has 0 aromatic heterocycles. The fourth-order valence-electron chi connectivity index (χ4n) is 1.81. The Morgan fingerprint density at radius 1 is 1.06 bits per heavy atom. The van der Waals surface area contributed by atoms with Gasteiger partial charge in [-0.3, -0.25) is 9.63 Å². The van der Waals surface area contributed by atoms with Crippen molar-refractivity contribution < 1.29 is 9.63 Å². The van der Waals surface area contributed by atoms with E-state index in [1.54, 1.807) is 6.07 Å². The van der Waals surface area contributed by atoms with Gasteiger partial charge in [0.15, 0.2) is 0 Å². The van der Waals surface area contributed by atoms with Crippen LogP contribution in [-0.4, -0.2) is 13.0 Å². The summed E-state index contributed by atoms with van der Waals surface area (Å²) in [6.07, 6.45) is 0. The second-order valence-corrected chi connectivity index (χ2v) is 4.05. The van der Waals surface area contributed by atoms with Crippen molar-refractivity contribution in [2.75, 3.05) is 7.11 Å². The SMILES string of the molecule is CONC(=O)c1ccccc1-c1ccc(C)cc1. The molecule has 1 amide bonds. The topological polar surface area (TPSA) is 38.3 Å². The predicted molar refractivity (Wildman–Crippen MR) is 71.1 cm³/mol. The number of nitrogens with one attached hydrogen (secondary N) is 1. The van der Waals surface area contributed by atoms with Gasteiger partial charge < -0.3 is 0 Å². The minimum absolute atomic E-state index is 0.242. The summed E-state index contributed by atoms with van der Waals surface area (Å²) < 4.78 is 0. The summed E-state index contributed by atoms with van der Waals surface area (Å²) in [4.78, 5) is 16.5. The smallest absolute Gasteiger partial charge is 0.275 e. The fraction of sp³-hybridized carbons (Fsp3) is 0.133. The Bertz CT molecular complexity index is 547. The molecule has 0 atom stereocenters. The Morgan fingerprint density at radius 3 is 2.39 bits per heavy atom. The summed E-state index contributed by atoms with van der Waals surface area (Å²) in [7, 11) is 1.42. The number of aryl methyl sites for hydroxylation is 1. The molecular weight excluding hydrogens is 226 g/mol. The van der Waals surface area contributed by atoms with Crippen LogP contribution in [0.25, 0.3) is 11.1 Å². The van der Waals surface area contributed by atoms with Crippen LogP contribution in [0.3, 0.4) is 0 Å². The lowest BCUT2D eigenvalue weighted by atomic mass is 9.98. The Morgan fingerprint density at radius 2 is 1.72 bits per heavy atom. The third-order valence-electron chi connectivity index (χ3n) is 2.73. The first-order chi connectivity index (χ1) is 8.72. The molecule has 0 saturated heterocycles. The van der Waals surface area contributed by atoms with Gasteiger partial charge in [0, 0.05) is 5.56 Å². The zero-order valence-electron chi connectivity index (χ0n) is 10.4. The van der Waals surface area contributed by atoms with Gasteiger partial charge in [0.1, 0.15) is 0 Å². The van der Waals surface area contributed by atoms with E-state index < -0.39 is 0 Å². The minimum atomic E-state index is -0.242. The molecule has 0 fully saturated rings. The molecule has 18 heavy (non-hydrogen) atoms. The highest BCUT2D eigenvalue weighted by Gasteiger charge is 2.11. The number of rotatable bonds is 3. The van der Waals surface area contributed by atoms with E-state index in [9.17, 15) is 4.79 Å². The van der Waals surface area contributed by atoms with Crippen molar-refractivity contribution in [3.63, 3.8) is 0 Å². The lowest BCUT2D eigenvalue weighted by molar-refractivity contribution is 0.0538. The van der Waals surface area contributed by atoms with E-state index in [1.807, 2.05) is 49.4 Å². The normalized spacial score (nSPS) is 10.1. The molecular formula is C15H15NO2. The molecule has 0 heterocycles. The largest absolute Gasteiger partial charge is 0.277 e. The fourth-order valence-corrected chi connectivity index (χ4v) is 1.81. The number of hydroxylamine groups is 1. The first-order valence-electron chi connectivity index (χ1n) is 5.72. The first kappa shape index (κ1) is 12.3. The van der Waals surface area contributed by atoms with Crippen molar-refractivity contribution >= 4 is 5.91 Å². The summed E-state index contributed by atoms with van der Waals surface area (Å²) in [5, 5.41) is 0. The zero-order chi connectivity index (χ0) is 13.0. The van der Waals surface area contributed by atoms with Gasteiger partial charge in [-0.15, -0.1) is 0 Å². The van der Waals surface area contributed by atoms with Crippen LogP contribution in [0.1, 0.15) is 15.9 Å². The van der Waals surface area contributed by atoms with Crippen molar-refractivity contribution in [2.45, 2.75) is 6.92 Å². The molecule has 3 nitrogen and oxygen atoms in total. The van der Waals surface area contributed by atoms with Gasteiger partial charge in [-0.1, -0.05) is 48.0 Å².